The number of sulfonamides is 1. The number of nitrogens with two attached hydrogens (primary N) is 1. The molecule has 0 aromatic heterocycles. The van der Waals surface area contributed by atoms with Crippen molar-refractivity contribution in [2.24, 2.45) is 16.5 Å². The number of halogens is 3. The van der Waals surface area contributed by atoms with E-state index in [4.69, 9.17) is 9.88 Å². The Balaban J connectivity index is 1.30. The van der Waals surface area contributed by atoms with E-state index in [1.165, 1.54) is 36.4 Å². The number of ether oxygens (including phenoxy) is 2. The van der Waals surface area contributed by atoms with Crippen LogP contribution in [-0.4, -0.2) is 62.8 Å². The van der Waals surface area contributed by atoms with E-state index in [2.05, 4.69) is 4.74 Å². The van der Waals surface area contributed by atoms with Gasteiger partial charge in [-0.1, -0.05) is 19.1 Å². The van der Waals surface area contributed by atoms with Crippen LogP contribution >= 0.6 is 0 Å². The fourth-order valence-corrected chi connectivity index (χ4v) is 5.14. The average Bonchev–Trinajstić information content (AvgIpc) is 3.28. The first-order chi connectivity index (χ1) is 16.7. The van der Waals surface area contributed by atoms with Crippen LogP contribution in [0.15, 0.2) is 53.4 Å². The fraction of sp³-hybridized carbons (Fsp3) is 0.391. The summed E-state index contributed by atoms with van der Waals surface area (Å²) < 4.78 is 68.8. The molecule has 0 bridgehead atoms. The van der Waals surface area contributed by atoms with Gasteiger partial charge in [-0.05, 0) is 42.0 Å². The number of carbonyl (C=O) groups excluding carboxylic acids is 2. The SMILES string of the molecule is C[C@]12CN(C(=O)OCc3ccc(OC(F)(F)F)cc3)C[C@@H]1CN(C(=O)c1ccc(S(N)(=O)=O)cc1)C2. The molecule has 2 heterocycles. The van der Waals surface area contributed by atoms with Crippen LogP contribution in [0.2, 0.25) is 0 Å². The molecule has 9 nitrogen and oxygen atoms in total. The van der Waals surface area contributed by atoms with Gasteiger partial charge in [0.15, 0.2) is 0 Å². The Labute approximate surface area is 205 Å². The first kappa shape index (κ1) is 25.8. The van der Waals surface area contributed by atoms with Crippen molar-refractivity contribution in [1.82, 2.24) is 9.80 Å². The van der Waals surface area contributed by atoms with E-state index >= 15 is 0 Å². The molecule has 2 aromatic carbocycles. The molecule has 4 rings (SSSR count). The Kier molecular flexibility index (Phi) is 6.64. The Bertz CT molecular complexity index is 1250. The van der Waals surface area contributed by atoms with Crippen LogP contribution in [0, 0.1) is 11.3 Å². The summed E-state index contributed by atoms with van der Waals surface area (Å²) in [5, 5.41) is 5.09. The van der Waals surface area contributed by atoms with Crippen molar-refractivity contribution in [2.45, 2.75) is 24.8 Å². The number of hydrogen-bond donors (Lipinski definition) is 1. The minimum Gasteiger partial charge on any atom is -0.445 e. The lowest BCUT2D eigenvalue weighted by Crippen LogP contribution is -2.38. The lowest BCUT2D eigenvalue weighted by Gasteiger charge is -2.25. The summed E-state index contributed by atoms with van der Waals surface area (Å²) in [6.45, 7) is 3.49. The number of rotatable bonds is 5. The number of likely N-dealkylation sites (tertiary alicyclic amines) is 2. The Hall–Kier alpha value is -3.32. The maximum atomic E-state index is 12.9. The average molecular weight is 528 g/mol. The number of nitrogens with zero attached hydrogens (tertiary/aromatic N) is 2. The Morgan fingerprint density at radius 3 is 2.17 bits per heavy atom. The van der Waals surface area contributed by atoms with Gasteiger partial charge in [-0.25, -0.2) is 18.4 Å². The van der Waals surface area contributed by atoms with E-state index in [-0.39, 0.29) is 34.5 Å². The lowest BCUT2D eigenvalue weighted by atomic mass is 9.83. The highest BCUT2D eigenvalue weighted by atomic mass is 32.2. The maximum absolute atomic E-state index is 12.9. The van der Waals surface area contributed by atoms with Crippen LogP contribution in [0.4, 0.5) is 18.0 Å². The van der Waals surface area contributed by atoms with Crippen molar-refractivity contribution in [3.8, 4) is 5.75 Å². The molecule has 0 saturated carbocycles. The third kappa shape index (κ3) is 5.73. The topological polar surface area (TPSA) is 119 Å². The second kappa shape index (κ2) is 9.28. The molecule has 2 saturated heterocycles. The molecule has 2 aliphatic heterocycles. The van der Waals surface area contributed by atoms with E-state index < -0.39 is 22.5 Å². The summed E-state index contributed by atoms with van der Waals surface area (Å²) in [6, 6.07) is 10.5. The van der Waals surface area contributed by atoms with Crippen molar-refractivity contribution in [1.29, 1.82) is 0 Å². The van der Waals surface area contributed by atoms with E-state index in [1.54, 1.807) is 9.80 Å². The quantitative estimate of drug-likeness (QED) is 0.639. The number of benzene rings is 2. The monoisotopic (exact) mass is 527 g/mol. The predicted octanol–water partition coefficient (Wildman–Crippen LogP) is 2.96. The second-order valence-corrected chi connectivity index (χ2v) is 10.8. The number of hydrogen-bond acceptors (Lipinski definition) is 6. The molecular formula is C23H24F3N3O6S. The zero-order chi connectivity index (χ0) is 26.3. The van der Waals surface area contributed by atoms with E-state index in [9.17, 15) is 31.2 Å². The van der Waals surface area contributed by atoms with Gasteiger partial charge in [0.25, 0.3) is 5.91 Å². The van der Waals surface area contributed by atoms with Gasteiger partial charge >= 0.3 is 12.5 Å². The van der Waals surface area contributed by atoms with Crippen LogP contribution in [0.1, 0.15) is 22.8 Å². The molecule has 2 amide bonds. The molecule has 2 N–H and O–H groups in total. The molecule has 2 fully saturated rings. The van der Waals surface area contributed by atoms with Crippen LogP contribution in [0.3, 0.4) is 0 Å². The molecule has 0 aliphatic carbocycles. The zero-order valence-electron chi connectivity index (χ0n) is 19.2. The Morgan fingerprint density at radius 1 is 1.03 bits per heavy atom. The molecule has 36 heavy (non-hydrogen) atoms. The number of primary sulfonamides is 1. The van der Waals surface area contributed by atoms with Gasteiger partial charge in [-0.3, -0.25) is 4.79 Å². The molecule has 2 atom stereocenters. The molecule has 13 heteroatoms. The van der Waals surface area contributed by atoms with Gasteiger partial charge in [-0.2, -0.15) is 0 Å². The summed E-state index contributed by atoms with van der Waals surface area (Å²) in [5.74, 6) is -0.576. The highest BCUT2D eigenvalue weighted by Crippen LogP contribution is 2.42. The van der Waals surface area contributed by atoms with Gasteiger partial charge in [0, 0.05) is 43.1 Å². The minimum atomic E-state index is -4.78. The lowest BCUT2D eigenvalue weighted by molar-refractivity contribution is -0.274. The van der Waals surface area contributed by atoms with Crippen LogP contribution in [0.25, 0.3) is 0 Å². The van der Waals surface area contributed by atoms with Crippen molar-refractivity contribution in [2.75, 3.05) is 26.2 Å². The van der Waals surface area contributed by atoms with Crippen molar-refractivity contribution >= 4 is 22.0 Å². The van der Waals surface area contributed by atoms with E-state index in [0.717, 1.165) is 12.1 Å². The molecule has 2 aromatic rings. The van der Waals surface area contributed by atoms with Crippen molar-refractivity contribution in [3.05, 3.63) is 59.7 Å². The first-order valence-electron chi connectivity index (χ1n) is 10.9. The molecule has 2 aliphatic rings. The maximum Gasteiger partial charge on any atom is 0.573 e. The highest BCUT2D eigenvalue weighted by Gasteiger charge is 2.52. The number of alkyl halides is 3. The fourth-order valence-electron chi connectivity index (χ4n) is 4.63. The number of amides is 2. The second-order valence-electron chi connectivity index (χ2n) is 9.23. The standard InChI is InChI=1S/C23H24F3N3O6S/c1-22-13-28(20(30)16-4-8-19(9-5-16)36(27,32)33)10-17(22)11-29(14-22)21(31)34-12-15-2-6-18(7-3-15)35-23(24,25)26/h2-9,17H,10-14H2,1H3,(H2,27,32,33)/t17-,22-/m0/s1. The van der Waals surface area contributed by atoms with Crippen molar-refractivity contribution < 1.29 is 40.7 Å². The Morgan fingerprint density at radius 2 is 1.61 bits per heavy atom. The van der Waals surface area contributed by atoms with Gasteiger partial charge in [0.1, 0.15) is 12.4 Å². The van der Waals surface area contributed by atoms with Crippen LogP contribution < -0.4 is 9.88 Å². The summed E-state index contributed by atoms with van der Waals surface area (Å²) >= 11 is 0. The summed E-state index contributed by atoms with van der Waals surface area (Å²) in [5.41, 5.74) is 0.508. The minimum absolute atomic E-state index is 0.0245. The largest absolute Gasteiger partial charge is 0.573 e. The highest BCUT2D eigenvalue weighted by molar-refractivity contribution is 7.89. The molecule has 0 radical (unpaired) electrons. The van der Waals surface area contributed by atoms with Crippen LogP contribution in [-0.2, 0) is 21.4 Å². The van der Waals surface area contributed by atoms with Crippen molar-refractivity contribution in [3.63, 3.8) is 0 Å². The smallest absolute Gasteiger partial charge is 0.445 e. The summed E-state index contributed by atoms with van der Waals surface area (Å²) in [4.78, 5) is 28.7. The molecule has 194 valence electrons. The van der Waals surface area contributed by atoms with Crippen LogP contribution in [0.5, 0.6) is 5.75 Å². The van der Waals surface area contributed by atoms with Gasteiger partial charge in [0.2, 0.25) is 10.0 Å². The normalized spacial score (nSPS) is 21.9. The van der Waals surface area contributed by atoms with Gasteiger partial charge in [-0.15, -0.1) is 13.2 Å². The summed E-state index contributed by atoms with van der Waals surface area (Å²) in [7, 11) is -3.85. The molecule has 0 spiro atoms. The molecule has 0 unspecified atom stereocenters. The third-order valence-corrected chi connectivity index (χ3v) is 7.39. The third-order valence-electron chi connectivity index (χ3n) is 6.47. The van der Waals surface area contributed by atoms with Gasteiger partial charge in [0.05, 0.1) is 4.90 Å². The van der Waals surface area contributed by atoms with E-state index in [0.29, 0.717) is 37.3 Å². The summed E-state index contributed by atoms with van der Waals surface area (Å²) in [6.07, 6.45) is -5.33. The first-order valence-corrected chi connectivity index (χ1v) is 12.5. The zero-order valence-corrected chi connectivity index (χ0v) is 20.0. The number of fused-ring (bicyclic) bond motifs is 1. The predicted molar refractivity (Wildman–Crippen MR) is 120 cm³/mol. The van der Waals surface area contributed by atoms with E-state index in [1.807, 2.05) is 6.92 Å². The number of carbonyl (C=O) groups is 2. The molecular weight excluding hydrogens is 503 g/mol. The van der Waals surface area contributed by atoms with Gasteiger partial charge < -0.3 is 19.3 Å².